The van der Waals surface area contributed by atoms with E-state index >= 15 is 0 Å². The monoisotopic (exact) mass is 412 g/mol. The minimum absolute atomic E-state index is 0.184. The van der Waals surface area contributed by atoms with Crippen molar-refractivity contribution < 1.29 is 14.6 Å². The molecule has 0 aliphatic carbocycles. The Morgan fingerprint density at radius 1 is 1.32 bits per heavy atom. The molecule has 0 spiro atoms. The number of anilines is 1. The fourth-order valence-electron chi connectivity index (χ4n) is 3.49. The van der Waals surface area contributed by atoms with Crippen molar-refractivity contribution in [2.75, 3.05) is 18.0 Å². The van der Waals surface area contributed by atoms with E-state index in [-0.39, 0.29) is 11.5 Å². The Morgan fingerprint density at radius 2 is 1.96 bits per heavy atom. The number of hydrogen-bond donors (Lipinski definition) is 1. The molecule has 0 amide bonds. The van der Waals surface area contributed by atoms with Gasteiger partial charge < -0.3 is 14.7 Å². The van der Waals surface area contributed by atoms with E-state index < -0.39 is 12.1 Å². The maximum Gasteiger partial charge on any atom is 0.340 e. The van der Waals surface area contributed by atoms with Crippen LogP contribution in [-0.2, 0) is 9.53 Å². The molecule has 0 radical (unpaired) electrons. The third-order valence-corrected chi connectivity index (χ3v) is 5.52. The zero-order chi connectivity index (χ0) is 18.9. The van der Waals surface area contributed by atoms with Gasteiger partial charge in [-0.25, -0.2) is 4.79 Å². The highest BCUT2D eigenvalue weighted by Crippen LogP contribution is 2.41. The summed E-state index contributed by atoms with van der Waals surface area (Å²) in [7, 11) is 0. The topological polar surface area (TPSA) is 62.7 Å². The van der Waals surface area contributed by atoms with E-state index in [9.17, 15) is 9.90 Å². The Labute approximate surface area is 158 Å². The second-order valence-corrected chi connectivity index (χ2v) is 8.73. The second-order valence-electron chi connectivity index (χ2n) is 7.94. The largest absolute Gasteiger partial charge is 0.461 e. The highest BCUT2D eigenvalue weighted by molar-refractivity contribution is 9.10. The van der Waals surface area contributed by atoms with Crippen molar-refractivity contribution in [3.63, 3.8) is 0 Å². The zero-order valence-electron chi connectivity index (χ0n) is 16.0. The number of rotatable bonds is 4. The van der Waals surface area contributed by atoms with Gasteiger partial charge in [0.05, 0.1) is 22.0 Å². The van der Waals surface area contributed by atoms with Crippen molar-refractivity contribution in [3.8, 4) is 0 Å². The summed E-state index contributed by atoms with van der Waals surface area (Å²) in [5, 5.41) is 10.7. The third-order valence-electron chi connectivity index (χ3n) is 4.57. The molecule has 0 saturated carbocycles. The lowest BCUT2D eigenvalue weighted by molar-refractivity contribution is -0.157. The number of aliphatic hydroxyl groups is 1. The summed E-state index contributed by atoms with van der Waals surface area (Å²) in [5.41, 5.74) is 3.10. The number of esters is 1. The number of pyridine rings is 1. The number of piperidine rings is 1. The van der Waals surface area contributed by atoms with Crippen LogP contribution < -0.4 is 4.90 Å². The highest BCUT2D eigenvalue weighted by Gasteiger charge is 2.34. The van der Waals surface area contributed by atoms with Crippen molar-refractivity contribution >= 4 is 27.6 Å². The van der Waals surface area contributed by atoms with Crippen LogP contribution in [0, 0.1) is 19.3 Å². The molecule has 6 heteroatoms. The number of ether oxygens (including phenoxy) is 1. The molecular weight excluding hydrogens is 384 g/mol. The molecule has 2 heterocycles. The molecule has 1 unspecified atom stereocenters. The van der Waals surface area contributed by atoms with Crippen molar-refractivity contribution in [2.45, 2.75) is 66.6 Å². The van der Waals surface area contributed by atoms with Gasteiger partial charge in [0, 0.05) is 24.3 Å². The molecule has 25 heavy (non-hydrogen) atoms. The molecule has 0 aromatic carbocycles. The van der Waals surface area contributed by atoms with Gasteiger partial charge in [0.1, 0.15) is 0 Å². The maximum atomic E-state index is 12.3. The van der Waals surface area contributed by atoms with Crippen LogP contribution >= 0.6 is 15.9 Å². The van der Waals surface area contributed by atoms with E-state index in [0.29, 0.717) is 11.3 Å². The van der Waals surface area contributed by atoms with Gasteiger partial charge in [-0.05, 0) is 61.9 Å². The number of aryl methyl sites for hydroxylation is 2. The molecule has 1 atom stereocenters. The van der Waals surface area contributed by atoms with E-state index in [2.05, 4.69) is 39.7 Å². The minimum atomic E-state index is -1.34. The fraction of sp³-hybridized carbons (Fsp3) is 0.684. The SMILES string of the molecule is Cc1nc(C)c(C(O)C(=O)OC(C)C)c(N2CCCC(C)(C)C2)c1Br. The van der Waals surface area contributed by atoms with E-state index in [4.69, 9.17) is 4.74 Å². The summed E-state index contributed by atoms with van der Waals surface area (Å²) in [5.74, 6) is -0.631. The molecule has 1 aromatic heterocycles. The minimum Gasteiger partial charge on any atom is -0.461 e. The molecule has 2 rings (SSSR count). The summed E-state index contributed by atoms with van der Waals surface area (Å²) in [6.45, 7) is 13.6. The molecule has 1 saturated heterocycles. The molecular formula is C19H29BrN2O3. The van der Waals surface area contributed by atoms with Gasteiger partial charge in [-0.2, -0.15) is 0 Å². The number of aliphatic hydroxyl groups excluding tert-OH is 1. The quantitative estimate of drug-likeness (QED) is 0.754. The Balaban J connectivity index is 2.52. The summed E-state index contributed by atoms with van der Waals surface area (Å²) < 4.78 is 6.06. The molecule has 1 aliphatic rings. The fourth-order valence-corrected chi connectivity index (χ4v) is 4.04. The molecule has 1 N–H and O–H groups in total. The number of hydrogen-bond acceptors (Lipinski definition) is 5. The first-order chi connectivity index (χ1) is 11.5. The lowest BCUT2D eigenvalue weighted by Gasteiger charge is -2.41. The van der Waals surface area contributed by atoms with Crippen LogP contribution in [0.1, 0.15) is 63.6 Å². The van der Waals surface area contributed by atoms with Crippen molar-refractivity contribution in [1.29, 1.82) is 0 Å². The van der Waals surface area contributed by atoms with Crippen LogP contribution in [0.15, 0.2) is 4.47 Å². The average Bonchev–Trinajstić information content (AvgIpc) is 2.48. The summed E-state index contributed by atoms with van der Waals surface area (Å²) in [6.07, 6.45) is 0.622. The standard InChI is InChI=1S/C19H29BrN2O3/c1-11(2)25-18(24)17(23)14-12(3)21-13(4)15(20)16(14)22-9-7-8-19(5,6)10-22/h11,17,23H,7-10H2,1-6H3. The molecule has 0 bridgehead atoms. The Bertz CT molecular complexity index is 659. The van der Waals surface area contributed by atoms with Crippen molar-refractivity contribution in [3.05, 3.63) is 21.4 Å². The van der Waals surface area contributed by atoms with Crippen LogP contribution in [0.3, 0.4) is 0 Å². The number of halogens is 1. The predicted octanol–water partition coefficient (Wildman–Crippen LogP) is 4.07. The number of carbonyl (C=O) groups is 1. The normalized spacial score (nSPS) is 18.4. The Morgan fingerprint density at radius 3 is 2.52 bits per heavy atom. The summed E-state index contributed by atoms with van der Waals surface area (Å²) >= 11 is 3.64. The lowest BCUT2D eigenvalue weighted by atomic mass is 9.83. The van der Waals surface area contributed by atoms with Gasteiger partial charge in [-0.3, -0.25) is 4.98 Å². The predicted molar refractivity (Wildman–Crippen MR) is 103 cm³/mol. The average molecular weight is 413 g/mol. The first-order valence-electron chi connectivity index (χ1n) is 8.83. The summed E-state index contributed by atoms with van der Waals surface area (Å²) in [6, 6.07) is 0. The van der Waals surface area contributed by atoms with E-state index in [0.717, 1.165) is 41.8 Å². The smallest absolute Gasteiger partial charge is 0.340 e. The van der Waals surface area contributed by atoms with Gasteiger partial charge in [-0.15, -0.1) is 0 Å². The van der Waals surface area contributed by atoms with Crippen LogP contribution in [-0.4, -0.2) is 35.3 Å². The van der Waals surface area contributed by atoms with E-state index in [1.54, 1.807) is 13.8 Å². The molecule has 1 aromatic rings. The highest BCUT2D eigenvalue weighted by atomic mass is 79.9. The van der Waals surface area contributed by atoms with Gasteiger partial charge in [0.25, 0.3) is 0 Å². The van der Waals surface area contributed by atoms with E-state index in [1.807, 2.05) is 13.8 Å². The van der Waals surface area contributed by atoms with E-state index in [1.165, 1.54) is 0 Å². The number of aromatic nitrogens is 1. The van der Waals surface area contributed by atoms with Crippen LogP contribution in [0.5, 0.6) is 0 Å². The summed E-state index contributed by atoms with van der Waals surface area (Å²) in [4.78, 5) is 19.1. The lowest BCUT2D eigenvalue weighted by Crippen LogP contribution is -2.41. The molecule has 1 aliphatic heterocycles. The Kier molecular flexibility index (Phi) is 6.15. The molecule has 5 nitrogen and oxygen atoms in total. The number of carbonyl (C=O) groups excluding carboxylic acids is 1. The Hall–Kier alpha value is -1.14. The van der Waals surface area contributed by atoms with Crippen molar-refractivity contribution in [1.82, 2.24) is 4.98 Å². The van der Waals surface area contributed by atoms with Crippen LogP contribution in [0.2, 0.25) is 0 Å². The third kappa shape index (κ3) is 4.53. The van der Waals surface area contributed by atoms with Gasteiger partial charge in [-0.1, -0.05) is 13.8 Å². The van der Waals surface area contributed by atoms with Gasteiger partial charge in [0.2, 0.25) is 0 Å². The second kappa shape index (κ2) is 7.62. The molecule has 1 fully saturated rings. The van der Waals surface area contributed by atoms with Crippen molar-refractivity contribution in [2.24, 2.45) is 5.41 Å². The number of nitrogens with zero attached hydrogens (tertiary/aromatic N) is 2. The van der Waals surface area contributed by atoms with Gasteiger partial charge >= 0.3 is 5.97 Å². The van der Waals surface area contributed by atoms with Crippen LogP contribution in [0.25, 0.3) is 0 Å². The molecule has 140 valence electrons. The maximum absolute atomic E-state index is 12.3. The first-order valence-corrected chi connectivity index (χ1v) is 9.63. The van der Waals surface area contributed by atoms with Crippen LogP contribution in [0.4, 0.5) is 5.69 Å². The first kappa shape index (κ1) is 20.2. The zero-order valence-corrected chi connectivity index (χ0v) is 17.6. The van der Waals surface area contributed by atoms with Gasteiger partial charge in [0.15, 0.2) is 6.10 Å².